The van der Waals surface area contributed by atoms with Gasteiger partial charge in [0.15, 0.2) is 0 Å². The minimum absolute atomic E-state index is 0.0115. The van der Waals surface area contributed by atoms with Crippen molar-refractivity contribution in [3.63, 3.8) is 0 Å². The van der Waals surface area contributed by atoms with Gasteiger partial charge in [-0.15, -0.1) is 0 Å². The van der Waals surface area contributed by atoms with Crippen LogP contribution in [0.5, 0.6) is 5.75 Å². The molecule has 0 spiro atoms. The van der Waals surface area contributed by atoms with Gasteiger partial charge in [0.05, 0.1) is 30.4 Å². The zero-order chi connectivity index (χ0) is 25.8. The molecule has 3 aromatic rings. The van der Waals surface area contributed by atoms with E-state index in [1.165, 1.54) is 30.1 Å². The summed E-state index contributed by atoms with van der Waals surface area (Å²) in [6.45, 7) is 7.00. The van der Waals surface area contributed by atoms with Gasteiger partial charge in [-0.2, -0.15) is 0 Å². The Labute approximate surface area is 202 Å². The number of para-hydroxylation sites is 1. The number of fused-ring (bicyclic) bond motifs is 1. The minimum atomic E-state index is -1.09. The molecule has 2 N–H and O–H groups in total. The molecule has 0 saturated heterocycles. The Hall–Kier alpha value is -4.08. The summed E-state index contributed by atoms with van der Waals surface area (Å²) < 4.78 is 17.2. The summed E-state index contributed by atoms with van der Waals surface area (Å²) in [6.07, 6.45) is 1.35. The van der Waals surface area contributed by atoms with E-state index >= 15 is 0 Å². The van der Waals surface area contributed by atoms with Crippen LogP contribution in [0.15, 0.2) is 42.7 Å². The van der Waals surface area contributed by atoms with Crippen molar-refractivity contribution >= 4 is 29.1 Å². The number of carbonyl (C=O) groups is 3. The molecule has 1 amide bonds. The van der Waals surface area contributed by atoms with Crippen molar-refractivity contribution in [2.45, 2.75) is 45.8 Å². The van der Waals surface area contributed by atoms with E-state index in [-0.39, 0.29) is 18.6 Å². The molecule has 0 bridgehead atoms. The number of alkyl carbamates (subject to hydrolysis) is 1. The van der Waals surface area contributed by atoms with Crippen LogP contribution in [0.2, 0.25) is 0 Å². The van der Waals surface area contributed by atoms with Crippen LogP contribution in [-0.2, 0) is 15.9 Å². The molecule has 2 aromatic heterocycles. The predicted molar refractivity (Wildman–Crippen MR) is 128 cm³/mol. The number of nitrogens with zero attached hydrogens (tertiary/aromatic N) is 2. The molecule has 0 fully saturated rings. The molecule has 1 aromatic carbocycles. The summed E-state index contributed by atoms with van der Waals surface area (Å²) >= 11 is 0. The molecule has 10 nitrogen and oxygen atoms in total. The Bertz CT molecular complexity index is 1240. The number of pyridine rings is 1. The number of esters is 1. The van der Waals surface area contributed by atoms with Crippen LogP contribution in [0.25, 0.3) is 10.9 Å². The van der Waals surface area contributed by atoms with Crippen LogP contribution in [0.3, 0.4) is 0 Å². The highest BCUT2D eigenvalue weighted by molar-refractivity contribution is 5.93. The van der Waals surface area contributed by atoms with E-state index in [1.54, 1.807) is 39.8 Å². The lowest BCUT2D eigenvalue weighted by Gasteiger charge is -2.24. The Morgan fingerprint density at radius 2 is 1.89 bits per heavy atom. The Balaban J connectivity index is 1.90. The maximum Gasteiger partial charge on any atom is 0.416 e. The number of aromatic nitrogens is 2. The first-order chi connectivity index (χ1) is 16.5. The number of carboxylic acid groups (broad SMARTS) is 1. The van der Waals surface area contributed by atoms with Crippen molar-refractivity contribution in [1.82, 2.24) is 14.9 Å². The first-order valence-electron chi connectivity index (χ1n) is 11.0. The topological polar surface area (TPSA) is 129 Å². The van der Waals surface area contributed by atoms with Gasteiger partial charge < -0.3 is 24.6 Å². The maximum atomic E-state index is 12.6. The number of hydrogen-bond acceptors (Lipinski definition) is 7. The van der Waals surface area contributed by atoms with E-state index in [1.807, 2.05) is 12.1 Å². The fourth-order valence-electron chi connectivity index (χ4n) is 3.73. The monoisotopic (exact) mass is 483 g/mol. The normalized spacial score (nSPS) is 12.1. The number of amides is 1. The molecule has 0 radical (unpaired) electrons. The standard InChI is InChI=1S/C25H29N3O7/c1-15-20(19-8-6-7-9-21(19)28(15)24(31)32)11-17(27-23(30)35-25(2,3)4)14-34-18-10-16(12-26-13-18)22(29)33-5/h6-10,12-13,17H,11,14H2,1-5H3,(H,27,30)(H,31,32). The number of rotatable bonds is 7. The van der Waals surface area contributed by atoms with Gasteiger partial charge in [-0.25, -0.2) is 19.0 Å². The van der Waals surface area contributed by atoms with Gasteiger partial charge in [0.2, 0.25) is 0 Å². The second-order valence-corrected chi connectivity index (χ2v) is 8.96. The number of methoxy groups -OCH3 is 1. The Morgan fingerprint density at radius 3 is 2.54 bits per heavy atom. The fourth-order valence-corrected chi connectivity index (χ4v) is 3.73. The highest BCUT2D eigenvalue weighted by atomic mass is 16.6. The quantitative estimate of drug-likeness (QED) is 0.479. The van der Waals surface area contributed by atoms with E-state index in [0.717, 1.165) is 10.9 Å². The van der Waals surface area contributed by atoms with Gasteiger partial charge in [-0.1, -0.05) is 18.2 Å². The molecular weight excluding hydrogens is 454 g/mol. The zero-order valence-electron chi connectivity index (χ0n) is 20.3. The third-order valence-electron chi connectivity index (χ3n) is 5.19. The molecule has 2 heterocycles. The lowest BCUT2D eigenvalue weighted by atomic mass is 10.0. The van der Waals surface area contributed by atoms with Crippen molar-refractivity contribution < 1.29 is 33.7 Å². The predicted octanol–water partition coefficient (Wildman–Crippen LogP) is 4.17. The van der Waals surface area contributed by atoms with Gasteiger partial charge in [0.25, 0.3) is 0 Å². The summed E-state index contributed by atoms with van der Waals surface area (Å²) in [7, 11) is 1.27. The number of nitrogens with one attached hydrogen (secondary N) is 1. The van der Waals surface area contributed by atoms with Crippen LogP contribution >= 0.6 is 0 Å². The first kappa shape index (κ1) is 25.5. The van der Waals surface area contributed by atoms with Crippen molar-refractivity contribution in [1.29, 1.82) is 0 Å². The average Bonchev–Trinajstić information content (AvgIpc) is 3.07. The smallest absolute Gasteiger partial charge is 0.416 e. The highest BCUT2D eigenvalue weighted by Gasteiger charge is 2.24. The second kappa shape index (κ2) is 10.5. The zero-order valence-corrected chi connectivity index (χ0v) is 20.3. The maximum absolute atomic E-state index is 12.6. The summed E-state index contributed by atoms with van der Waals surface area (Å²) in [5.74, 6) is -0.239. The third kappa shape index (κ3) is 6.28. The molecule has 1 atom stereocenters. The van der Waals surface area contributed by atoms with E-state index in [4.69, 9.17) is 14.2 Å². The third-order valence-corrected chi connectivity index (χ3v) is 5.19. The van der Waals surface area contributed by atoms with Gasteiger partial charge in [-0.05, 0) is 51.8 Å². The van der Waals surface area contributed by atoms with Crippen molar-refractivity contribution in [2.75, 3.05) is 13.7 Å². The molecule has 0 aliphatic carbocycles. The summed E-state index contributed by atoms with van der Waals surface area (Å²) in [6, 6.07) is 8.08. The van der Waals surface area contributed by atoms with E-state index in [9.17, 15) is 19.5 Å². The lowest BCUT2D eigenvalue weighted by molar-refractivity contribution is 0.0487. The molecular formula is C25H29N3O7. The lowest BCUT2D eigenvalue weighted by Crippen LogP contribution is -2.43. The van der Waals surface area contributed by atoms with Crippen LogP contribution < -0.4 is 10.1 Å². The van der Waals surface area contributed by atoms with Gasteiger partial charge in [0.1, 0.15) is 18.0 Å². The fraction of sp³-hybridized carbons (Fsp3) is 0.360. The van der Waals surface area contributed by atoms with Crippen LogP contribution in [0, 0.1) is 6.92 Å². The molecule has 3 rings (SSSR count). The Kier molecular flexibility index (Phi) is 7.63. The average molecular weight is 484 g/mol. The van der Waals surface area contributed by atoms with Crippen LogP contribution in [0.4, 0.5) is 9.59 Å². The van der Waals surface area contributed by atoms with Gasteiger partial charge >= 0.3 is 18.2 Å². The van der Waals surface area contributed by atoms with Crippen molar-refractivity contribution in [3.05, 3.63) is 59.5 Å². The molecule has 35 heavy (non-hydrogen) atoms. The molecule has 0 saturated carbocycles. The minimum Gasteiger partial charge on any atom is -0.490 e. The highest BCUT2D eigenvalue weighted by Crippen LogP contribution is 2.27. The van der Waals surface area contributed by atoms with Gasteiger partial charge in [-0.3, -0.25) is 4.98 Å². The molecule has 186 valence electrons. The molecule has 1 unspecified atom stereocenters. The molecule has 10 heteroatoms. The number of hydrogen-bond donors (Lipinski definition) is 2. The van der Waals surface area contributed by atoms with E-state index < -0.39 is 29.8 Å². The largest absolute Gasteiger partial charge is 0.490 e. The first-order valence-corrected chi connectivity index (χ1v) is 11.0. The SMILES string of the molecule is COC(=O)c1cncc(OCC(Cc2c(C)n(C(=O)O)c3ccccc23)NC(=O)OC(C)(C)C)c1. The van der Waals surface area contributed by atoms with Crippen molar-refractivity contribution in [2.24, 2.45) is 0 Å². The molecule has 0 aliphatic heterocycles. The summed E-state index contributed by atoms with van der Waals surface area (Å²) in [5.41, 5.74) is 1.38. The van der Waals surface area contributed by atoms with Crippen LogP contribution in [0.1, 0.15) is 42.4 Å². The van der Waals surface area contributed by atoms with Crippen LogP contribution in [-0.4, -0.2) is 58.2 Å². The Morgan fingerprint density at radius 1 is 1.17 bits per heavy atom. The molecule has 0 aliphatic rings. The van der Waals surface area contributed by atoms with E-state index in [0.29, 0.717) is 17.0 Å². The summed E-state index contributed by atoms with van der Waals surface area (Å²) in [4.78, 5) is 40.2. The number of carbonyl (C=O) groups excluding carboxylic acids is 2. The van der Waals surface area contributed by atoms with Gasteiger partial charge in [0, 0.05) is 17.3 Å². The second-order valence-electron chi connectivity index (χ2n) is 8.96. The number of ether oxygens (including phenoxy) is 3. The summed E-state index contributed by atoms with van der Waals surface area (Å²) in [5, 5.41) is 13.3. The van der Waals surface area contributed by atoms with E-state index in [2.05, 4.69) is 10.3 Å². The number of benzene rings is 1. The van der Waals surface area contributed by atoms with Crippen molar-refractivity contribution in [3.8, 4) is 5.75 Å².